The molecule has 7 heteroatoms. The van der Waals surface area contributed by atoms with E-state index in [1.165, 1.54) is 17.5 Å². The molecule has 3 aromatic rings. The van der Waals surface area contributed by atoms with Crippen molar-refractivity contribution in [1.82, 2.24) is 15.0 Å². The molecule has 1 aromatic carbocycles. The SMILES string of the molecule is Cc1cc(-c2nc(C(C)(C)C)cs2)c2ncc(OC(F)F)nc2c1. The monoisotopic (exact) mass is 349 g/mol. The highest BCUT2D eigenvalue weighted by Gasteiger charge is 2.19. The minimum Gasteiger partial charge on any atom is -0.415 e. The molecule has 24 heavy (non-hydrogen) atoms. The molecule has 0 N–H and O–H groups in total. The van der Waals surface area contributed by atoms with Crippen molar-refractivity contribution in [2.75, 3.05) is 0 Å². The number of hydrogen-bond acceptors (Lipinski definition) is 5. The lowest BCUT2D eigenvalue weighted by Gasteiger charge is -2.14. The molecule has 0 amide bonds. The molecule has 0 aliphatic heterocycles. The number of ether oxygens (including phenoxy) is 1. The highest BCUT2D eigenvalue weighted by Crippen LogP contribution is 2.34. The van der Waals surface area contributed by atoms with Crippen LogP contribution in [0.5, 0.6) is 5.88 Å². The van der Waals surface area contributed by atoms with Crippen LogP contribution in [0.4, 0.5) is 8.78 Å². The number of halogens is 2. The van der Waals surface area contributed by atoms with Gasteiger partial charge in [0.15, 0.2) is 0 Å². The van der Waals surface area contributed by atoms with Gasteiger partial charge in [0.2, 0.25) is 5.88 Å². The Kier molecular flexibility index (Phi) is 4.21. The number of fused-ring (bicyclic) bond motifs is 1. The molecule has 0 atom stereocenters. The second-order valence-corrected chi connectivity index (χ2v) is 7.41. The second kappa shape index (κ2) is 6.05. The molecule has 3 rings (SSSR count). The van der Waals surface area contributed by atoms with E-state index < -0.39 is 6.61 Å². The molecule has 2 heterocycles. The molecule has 0 saturated carbocycles. The molecule has 0 bridgehead atoms. The number of hydrogen-bond donors (Lipinski definition) is 0. The molecular weight excluding hydrogens is 332 g/mol. The first-order valence-corrected chi connectivity index (χ1v) is 8.30. The fraction of sp³-hybridized carbons (Fsp3) is 0.353. The summed E-state index contributed by atoms with van der Waals surface area (Å²) in [6.45, 7) is 5.31. The van der Waals surface area contributed by atoms with Gasteiger partial charge in [0, 0.05) is 16.4 Å². The molecule has 0 saturated heterocycles. The summed E-state index contributed by atoms with van der Waals surface area (Å²) in [4.78, 5) is 13.1. The molecule has 0 aliphatic rings. The summed E-state index contributed by atoms with van der Waals surface area (Å²) in [5.41, 5.74) is 3.89. The Hall–Kier alpha value is -2.15. The van der Waals surface area contributed by atoms with E-state index in [2.05, 4.69) is 35.5 Å². The van der Waals surface area contributed by atoms with Gasteiger partial charge in [0.05, 0.1) is 22.9 Å². The van der Waals surface area contributed by atoms with Crippen molar-refractivity contribution < 1.29 is 13.5 Å². The zero-order valence-corrected chi connectivity index (χ0v) is 14.6. The number of rotatable bonds is 3. The minimum absolute atomic E-state index is 0.0433. The third-order valence-electron chi connectivity index (χ3n) is 3.48. The van der Waals surface area contributed by atoms with E-state index in [0.29, 0.717) is 11.0 Å². The molecule has 0 radical (unpaired) electrons. The van der Waals surface area contributed by atoms with Gasteiger partial charge in [-0.2, -0.15) is 8.78 Å². The second-order valence-electron chi connectivity index (χ2n) is 6.55. The summed E-state index contributed by atoms with van der Waals surface area (Å²) in [6, 6.07) is 3.78. The van der Waals surface area contributed by atoms with Gasteiger partial charge in [-0.05, 0) is 24.6 Å². The molecule has 0 fully saturated rings. The van der Waals surface area contributed by atoms with E-state index >= 15 is 0 Å². The van der Waals surface area contributed by atoms with E-state index in [0.717, 1.165) is 21.8 Å². The lowest BCUT2D eigenvalue weighted by atomic mass is 9.93. The minimum atomic E-state index is -2.92. The summed E-state index contributed by atoms with van der Waals surface area (Å²) >= 11 is 1.54. The highest BCUT2D eigenvalue weighted by molar-refractivity contribution is 7.13. The van der Waals surface area contributed by atoms with Gasteiger partial charge < -0.3 is 4.74 Å². The molecule has 0 unspecified atom stereocenters. The maximum Gasteiger partial charge on any atom is 0.388 e. The number of aryl methyl sites for hydroxylation is 1. The van der Waals surface area contributed by atoms with Gasteiger partial charge in [0.1, 0.15) is 5.01 Å². The van der Waals surface area contributed by atoms with Gasteiger partial charge in [-0.25, -0.2) is 15.0 Å². The normalized spacial score (nSPS) is 12.1. The smallest absolute Gasteiger partial charge is 0.388 e. The molecule has 126 valence electrons. The maximum atomic E-state index is 12.4. The maximum absolute atomic E-state index is 12.4. The third kappa shape index (κ3) is 3.36. The quantitative estimate of drug-likeness (QED) is 0.670. The number of benzene rings is 1. The Balaban J connectivity index is 2.12. The van der Waals surface area contributed by atoms with E-state index in [1.54, 1.807) is 6.07 Å². The number of aromatic nitrogens is 3. The van der Waals surface area contributed by atoms with Gasteiger partial charge in [-0.1, -0.05) is 20.8 Å². The van der Waals surface area contributed by atoms with Crippen molar-refractivity contribution in [3.8, 4) is 16.5 Å². The van der Waals surface area contributed by atoms with Crippen molar-refractivity contribution in [3.05, 3.63) is 35.0 Å². The van der Waals surface area contributed by atoms with Crippen LogP contribution in [-0.2, 0) is 5.41 Å². The average Bonchev–Trinajstić information content (AvgIpc) is 2.95. The Morgan fingerprint density at radius 3 is 2.54 bits per heavy atom. The topological polar surface area (TPSA) is 47.9 Å². The van der Waals surface area contributed by atoms with Crippen molar-refractivity contribution in [2.24, 2.45) is 0 Å². The first kappa shape index (κ1) is 16.7. The first-order chi connectivity index (χ1) is 11.2. The molecular formula is C17H17F2N3OS. The Labute approximate surface area is 142 Å². The predicted molar refractivity (Wildman–Crippen MR) is 90.7 cm³/mol. The van der Waals surface area contributed by atoms with Crippen LogP contribution in [0, 0.1) is 6.92 Å². The zero-order valence-electron chi connectivity index (χ0n) is 13.8. The largest absolute Gasteiger partial charge is 0.415 e. The Bertz CT molecular complexity index is 887. The van der Waals surface area contributed by atoms with Crippen molar-refractivity contribution in [2.45, 2.75) is 39.7 Å². The molecule has 2 aromatic heterocycles. The van der Waals surface area contributed by atoms with Crippen LogP contribution in [-0.4, -0.2) is 21.6 Å². The van der Waals surface area contributed by atoms with Gasteiger partial charge in [-0.15, -0.1) is 11.3 Å². The molecule has 0 aliphatic carbocycles. The van der Waals surface area contributed by atoms with Crippen LogP contribution < -0.4 is 4.74 Å². The van der Waals surface area contributed by atoms with Crippen molar-refractivity contribution >= 4 is 22.4 Å². The third-order valence-corrected chi connectivity index (χ3v) is 4.36. The van der Waals surface area contributed by atoms with Crippen LogP contribution in [0.1, 0.15) is 32.0 Å². The Morgan fingerprint density at radius 2 is 1.92 bits per heavy atom. The predicted octanol–water partition coefficient (Wildman–Crippen LogP) is 4.96. The zero-order chi connectivity index (χ0) is 17.5. The van der Waals surface area contributed by atoms with Crippen molar-refractivity contribution in [1.29, 1.82) is 0 Å². The Morgan fingerprint density at radius 1 is 1.17 bits per heavy atom. The van der Waals surface area contributed by atoms with E-state index in [4.69, 9.17) is 4.98 Å². The van der Waals surface area contributed by atoms with Crippen LogP contribution in [0.2, 0.25) is 0 Å². The van der Waals surface area contributed by atoms with Gasteiger partial charge in [-0.3, -0.25) is 0 Å². The summed E-state index contributed by atoms with van der Waals surface area (Å²) in [7, 11) is 0. The summed E-state index contributed by atoms with van der Waals surface area (Å²) in [6.07, 6.45) is 1.21. The van der Waals surface area contributed by atoms with Gasteiger partial charge in [0.25, 0.3) is 0 Å². The average molecular weight is 349 g/mol. The number of alkyl halides is 2. The summed E-state index contributed by atoms with van der Waals surface area (Å²) < 4.78 is 29.1. The van der Waals surface area contributed by atoms with Crippen molar-refractivity contribution in [3.63, 3.8) is 0 Å². The molecule has 0 spiro atoms. The fourth-order valence-corrected chi connectivity index (χ4v) is 3.36. The van der Waals surface area contributed by atoms with Crippen LogP contribution >= 0.6 is 11.3 Å². The van der Waals surface area contributed by atoms with Crippen LogP contribution in [0.3, 0.4) is 0 Å². The lowest BCUT2D eigenvalue weighted by molar-refractivity contribution is -0.0528. The first-order valence-electron chi connectivity index (χ1n) is 7.42. The fourth-order valence-electron chi connectivity index (χ4n) is 2.30. The lowest BCUT2D eigenvalue weighted by Crippen LogP contribution is -2.11. The highest BCUT2D eigenvalue weighted by atomic mass is 32.1. The summed E-state index contributed by atoms with van der Waals surface area (Å²) in [5, 5.41) is 2.87. The van der Waals surface area contributed by atoms with Gasteiger partial charge >= 0.3 is 6.61 Å². The van der Waals surface area contributed by atoms with Crippen LogP contribution in [0.25, 0.3) is 21.6 Å². The molecule has 4 nitrogen and oxygen atoms in total. The number of thiazole rings is 1. The van der Waals surface area contributed by atoms with Crippen LogP contribution in [0.15, 0.2) is 23.7 Å². The van der Waals surface area contributed by atoms with E-state index in [-0.39, 0.29) is 11.3 Å². The summed E-state index contributed by atoms with van der Waals surface area (Å²) in [5.74, 6) is -0.191. The number of nitrogens with zero attached hydrogens (tertiary/aromatic N) is 3. The van der Waals surface area contributed by atoms with E-state index in [1.807, 2.05) is 18.4 Å². The standard InChI is InChI=1S/C17H17F2N3OS/c1-9-5-10(15-22-12(8-24-15)17(2,3)4)14-11(6-9)21-13(7-20-14)23-16(18)19/h5-8,16H,1-4H3. The van der Waals surface area contributed by atoms with E-state index in [9.17, 15) is 8.78 Å².